The highest BCUT2D eigenvalue weighted by Crippen LogP contribution is 2.32. The standard InChI is InChI=1S/C22H21F3N2O5/c1-3-19-16(12-20(32-19)14-4-8-17(9-5-14)22(23,24)25)13-31-18-10-6-15(7-11-18)21(28)26(2)27(29)30/h4-12,27,29H,3,13H2,1-2H3. The summed E-state index contributed by atoms with van der Waals surface area (Å²) in [6.45, 7) is 2.04. The molecule has 1 heterocycles. The maximum absolute atomic E-state index is 12.8. The van der Waals surface area contributed by atoms with Crippen LogP contribution in [0.5, 0.6) is 5.75 Å². The van der Waals surface area contributed by atoms with Crippen molar-refractivity contribution >= 4 is 5.91 Å². The number of nitrogens with one attached hydrogen (secondary N) is 1. The maximum Gasteiger partial charge on any atom is 0.416 e. The molecule has 1 aromatic heterocycles. The van der Waals surface area contributed by atoms with Crippen LogP contribution in [0, 0.1) is 5.21 Å². The Morgan fingerprint density at radius 2 is 1.78 bits per heavy atom. The van der Waals surface area contributed by atoms with Crippen LogP contribution in [0.4, 0.5) is 13.2 Å². The SMILES string of the molecule is CCc1oc(-c2ccc(C(F)(F)F)cc2)cc1COc1ccc(C(=O)N(C)[NH+]([O-])O)cc1. The van der Waals surface area contributed by atoms with E-state index in [-0.39, 0.29) is 12.2 Å². The molecule has 0 radical (unpaired) electrons. The molecule has 0 bridgehead atoms. The summed E-state index contributed by atoms with van der Waals surface area (Å²) in [5.74, 6) is 0.883. The molecule has 170 valence electrons. The van der Waals surface area contributed by atoms with Crippen molar-refractivity contribution in [2.24, 2.45) is 0 Å². The van der Waals surface area contributed by atoms with E-state index in [4.69, 9.17) is 14.4 Å². The Labute approximate surface area is 181 Å². The molecule has 0 saturated carbocycles. The molecule has 32 heavy (non-hydrogen) atoms. The van der Waals surface area contributed by atoms with Gasteiger partial charge in [-0.15, -0.1) is 5.34 Å². The number of nitrogens with zero attached hydrogens (tertiary/aromatic N) is 1. The normalized spacial score (nSPS) is 12.5. The Kier molecular flexibility index (Phi) is 6.87. The van der Waals surface area contributed by atoms with Crippen molar-refractivity contribution in [2.75, 3.05) is 7.05 Å². The molecule has 2 aromatic carbocycles. The number of quaternary nitrogens is 1. The van der Waals surface area contributed by atoms with Gasteiger partial charge in [0.25, 0.3) is 0 Å². The van der Waals surface area contributed by atoms with Crippen molar-refractivity contribution < 1.29 is 37.7 Å². The third kappa shape index (κ3) is 5.28. The third-order valence-corrected chi connectivity index (χ3v) is 4.80. The minimum Gasteiger partial charge on any atom is -0.574 e. The molecule has 1 unspecified atom stereocenters. The molecule has 1 atom stereocenters. The summed E-state index contributed by atoms with van der Waals surface area (Å²) < 4.78 is 49.8. The van der Waals surface area contributed by atoms with Gasteiger partial charge in [-0.25, -0.2) is 0 Å². The zero-order valence-corrected chi connectivity index (χ0v) is 17.3. The lowest BCUT2D eigenvalue weighted by Gasteiger charge is -2.22. The smallest absolute Gasteiger partial charge is 0.416 e. The average Bonchev–Trinajstić information content (AvgIpc) is 3.19. The molecule has 1 amide bonds. The maximum atomic E-state index is 12.8. The van der Waals surface area contributed by atoms with Crippen LogP contribution in [0.1, 0.15) is 34.2 Å². The molecule has 2 N–H and O–H groups in total. The molecule has 7 nitrogen and oxygen atoms in total. The fourth-order valence-electron chi connectivity index (χ4n) is 2.99. The van der Waals surface area contributed by atoms with Crippen LogP contribution in [0.25, 0.3) is 11.3 Å². The molecule has 0 aliphatic heterocycles. The summed E-state index contributed by atoms with van der Waals surface area (Å²) in [6, 6.07) is 12.5. The van der Waals surface area contributed by atoms with E-state index in [2.05, 4.69) is 0 Å². The summed E-state index contributed by atoms with van der Waals surface area (Å²) in [5, 5.41) is 19.0. The summed E-state index contributed by atoms with van der Waals surface area (Å²) in [5.41, 5.74) is 0.727. The number of carbonyl (C=O) groups excluding carboxylic acids is 1. The van der Waals surface area contributed by atoms with Crippen molar-refractivity contribution in [3.63, 3.8) is 0 Å². The van der Waals surface area contributed by atoms with Gasteiger partial charge in [0.1, 0.15) is 23.9 Å². The van der Waals surface area contributed by atoms with Gasteiger partial charge in [0.2, 0.25) is 0 Å². The van der Waals surface area contributed by atoms with Gasteiger partial charge in [0.15, 0.2) is 0 Å². The van der Waals surface area contributed by atoms with Gasteiger partial charge in [-0.1, -0.05) is 19.1 Å². The first-order valence-electron chi connectivity index (χ1n) is 9.63. The zero-order valence-electron chi connectivity index (χ0n) is 17.3. The largest absolute Gasteiger partial charge is 0.574 e. The fourth-order valence-corrected chi connectivity index (χ4v) is 2.99. The molecule has 0 aliphatic carbocycles. The van der Waals surface area contributed by atoms with Crippen LogP contribution in [0.3, 0.4) is 0 Å². The number of alkyl halides is 3. The second-order valence-corrected chi connectivity index (χ2v) is 6.95. The number of carbonyl (C=O) groups is 1. The van der Waals surface area contributed by atoms with Gasteiger partial charge in [0, 0.05) is 23.1 Å². The van der Waals surface area contributed by atoms with Crippen LogP contribution in [-0.2, 0) is 19.2 Å². The summed E-state index contributed by atoms with van der Waals surface area (Å²) in [6.07, 6.45) is -3.84. The van der Waals surface area contributed by atoms with E-state index < -0.39 is 23.0 Å². The van der Waals surface area contributed by atoms with E-state index in [1.54, 1.807) is 18.2 Å². The summed E-state index contributed by atoms with van der Waals surface area (Å²) in [7, 11) is 1.16. The van der Waals surface area contributed by atoms with Gasteiger partial charge < -0.3 is 14.4 Å². The molecule has 0 fully saturated rings. The van der Waals surface area contributed by atoms with E-state index >= 15 is 0 Å². The molecule has 0 aliphatic rings. The first kappa shape index (κ1) is 23.3. The fraction of sp³-hybridized carbons (Fsp3) is 0.227. The van der Waals surface area contributed by atoms with Crippen LogP contribution < -0.4 is 10.1 Å². The lowest BCUT2D eigenvalue weighted by molar-refractivity contribution is -1.13. The minimum absolute atomic E-state index is 0.148. The Morgan fingerprint density at radius 3 is 2.31 bits per heavy atom. The monoisotopic (exact) mass is 450 g/mol. The molecule has 3 rings (SSSR count). The Hall–Kier alpha value is -3.34. The number of furan rings is 1. The van der Waals surface area contributed by atoms with Crippen LogP contribution in [0.15, 0.2) is 59.0 Å². The van der Waals surface area contributed by atoms with Crippen molar-refractivity contribution in [3.8, 4) is 17.1 Å². The minimum atomic E-state index is -4.40. The highest BCUT2D eigenvalue weighted by molar-refractivity contribution is 5.93. The highest BCUT2D eigenvalue weighted by Gasteiger charge is 2.30. The molecule has 3 aromatic rings. The molecule has 0 spiro atoms. The highest BCUT2D eigenvalue weighted by atomic mass is 19.4. The average molecular weight is 450 g/mol. The predicted octanol–water partition coefficient (Wildman–Crippen LogP) is 3.87. The van der Waals surface area contributed by atoms with E-state index in [1.165, 1.54) is 24.3 Å². The quantitative estimate of drug-likeness (QED) is 0.534. The van der Waals surface area contributed by atoms with Crippen LogP contribution in [0.2, 0.25) is 0 Å². The van der Waals surface area contributed by atoms with Gasteiger partial charge in [-0.05, 0) is 42.5 Å². The van der Waals surface area contributed by atoms with Crippen molar-refractivity contribution in [3.05, 3.63) is 82.3 Å². The number of hydrogen-bond donors (Lipinski definition) is 2. The Morgan fingerprint density at radius 1 is 1.16 bits per heavy atom. The van der Waals surface area contributed by atoms with Gasteiger partial charge in [-0.3, -0.25) is 4.79 Å². The number of ether oxygens (including phenoxy) is 1. The second kappa shape index (κ2) is 9.43. The molecule has 10 heteroatoms. The van der Waals surface area contributed by atoms with Crippen molar-refractivity contribution in [1.82, 2.24) is 5.01 Å². The predicted molar refractivity (Wildman–Crippen MR) is 108 cm³/mol. The summed E-state index contributed by atoms with van der Waals surface area (Å²) in [4.78, 5) is 12.0. The molecular weight excluding hydrogens is 429 g/mol. The van der Waals surface area contributed by atoms with Gasteiger partial charge in [0.05, 0.1) is 12.6 Å². The number of aryl methyl sites for hydroxylation is 1. The topological polar surface area (TPSA) is 90.4 Å². The first-order chi connectivity index (χ1) is 15.1. The lowest BCUT2D eigenvalue weighted by Crippen LogP contribution is -3.11. The number of rotatable bonds is 7. The van der Waals surface area contributed by atoms with E-state index in [0.717, 1.165) is 24.7 Å². The van der Waals surface area contributed by atoms with Gasteiger partial charge in [-0.2, -0.15) is 23.4 Å². The Balaban J connectivity index is 1.70. The van der Waals surface area contributed by atoms with Crippen molar-refractivity contribution in [1.29, 1.82) is 0 Å². The van der Waals surface area contributed by atoms with Crippen LogP contribution >= 0.6 is 0 Å². The van der Waals surface area contributed by atoms with Crippen LogP contribution in [-0.4, -0.2) is 23.2 Å². The number of hydrogen-bond acceptors (Lipinski definition) is 5. The first-order valence-corrected chi connectivity index (χ1v) is 9.63. The zero-order chi connectivity index (χ0) is 23.5. The summed E-state index contributed by atoms with van der Waals surface area (Å²) >= 11 is 0. The van der Waals surface area contributed by atoms with Gasteiger partial charge >= 0.3 is 12.1 Å². The van der Waals surface area contributed by atoms with E-state index in [9.17, 15) is 23.2 Å². The van der Waals surface area contributed by atoms with E-state index in [1.807, 2.05) is 6.92 Å². The number of benzene rings is 2. The Bertz CT molecular complexity index is 1060. The molecule has 0 saturated heterocycles. The number of amides is 1. The van der Waals surface area contributed by atoms with E-state index in [0.29, 0.717) is 34.3 Å². The number of halogens is 3. The molecular formula is C22H21F3N2O5. The second-order valence-electron chi connectivity index (χ2n) is 6.95. The third-order valence-electron chi connectivity index (χ3n) is 4.80. The lowest BCUT2D eigenvalue weighted by atomic mass is 10.1. The van der Waals surface area contributed by atoms with Crippen molar-refractivity contribution in [2.45, 2.75) is 26.1 Å².